The Kier molecular flexibility index (Phi) is 5.68. The summed E-state index contributed by atoms with van der Waals surface area (Å²) in [6.07, 6.45) is 3.59. The molecule has 1 fully saturated rings. The molecule has 0 unspecified atom stereocenters. The van der Waals surface area contributed by atoms with Gasteiger partial charge in [-0.25, -0.2) is 4.79 Å². The molecule has 7 nitrogen and oxygen atoms in total. The average molecular weight is 374 g/mol. The van der Waals surface area contributed by atoms with Gasteiger partial charge in [-0.1, -0.05) is 25.5 Å². The van der Waals surface area contributed by atoms with Crippen LogP contribution < -0.4 is 15.0 Å². The molecule has 146 valence electrons. The Hall–Kier alpha value is -2.57. The number of benzene rings is 1. The third-order valence-corrected chi connectivity index (χ3v) is 5.69. The fraction of sp³-hybridized carbons (Fsp3) is 0.550. The van der Waals surface area contributed by atoms with Gasteiger partial charge in [0.2, 0.25) is 5.91 Å². The van der Waals surface area contributed by atoms with Gasteiger partial charge in [0.15, 0.2) is 6.61 Å². The largest absolute Gasteiger partial charge is 0.482 e. The highest BCUT2D eigenvalue weighted by Gasteiger charge is 2.42. The number of hydrogen-bond donors (Lipinski definition) is 2. The van der Waals surface area contributed by atoms with Crippen molar-refractivity contribution in [2.75, 3.05) is 18.1 Å². The number of aliphatic carboxylic acids is 1. The summed E-state index contributed by atoms with van der Waals surface area (Å²) in [5.74, 6) is -0.394. The molecule has 2 amide bonds. The van der Waals surface area contributed by atoms with E-state index in [2.05, 4.69) is 12.2 Å². The Morgan fingerprint density at radius 2 is 2.00 bits per heavy atom. The summed E-state index contributed by atoms with van der Waals surface area (Å²) in [4.78, 5) is 38.0. The van der Waals surface area contributed by atoms with E-state index in [4.69, 9.17) is 4.74 Å². The van der Waals surface area contributed by atoms with Gasteiger partial charge in [-0.3, -0.25) is 9.59 Å². The molecule has 1 saturated carbocycles. The number of hydrogen-bond acceptors (Lipinski definition) is 4. The monoisotopic (exact) mass is 374 g/mol. The van der Waals surface area contributed by atoms with Crippen LogP contribution in [0.2, 0.25) is 0 Å². The lowest BCUT2D eigenvalue weighted by molar-refractivity contribution is -0.149. The van der Waals surface area contributed by atoms with Gasteiger partial charge in [0.05, 0.1) is 5.69 Å². The molecule has 1 aromatic carbocycles. The van der Waals surface area contributed by atoms with Crippen LogP contribution in [0, 0.1) is 5.92 Å². The summed E-state index contributed by atoms with van der Waals surface area (Å²) in [6, 6.07) is 7.18. The van der Waals surface area contributed by atoms with Crippen molar-refractivity contribution in [2.45, 2.75) is 51.0 Å². The number of carboxylic acids is 1. The minimum atomic E-state index is -1.18. The molecule has 27 heavy (non-hydrogen) atoms. The van der Waals surface area contributed by atoms with Gasteiger partial charge in [0.25, 0.3) is 5.91 Å². The molecule has 0 radical (unpaired) electrons. The quantitative estimate of drug-likeness (QED) is 0.797. The third-order valence-electron chi connectivity index (χ3n) is 5.69. The lowest BCUT2D eigenvalue weighted by Crippen LogP contribution is -2.56. The molecule has 0 aromatic heterocycles. The molecule has 0 bridgehead atoms. The number of rotatable bonds is 6. The number of nitrogens with one attached hydrogen (secondary N) is 1. The Morgan fingerprint density at radius 1 is 1.30 bits per heavy atom. The van der Waals surface area contributed by atoms with Crippen molar-refractivity contribution < 1.29 is 24.2 Å². The minimum absolute atomic E-state index is 0.0479. The van der Waals surface area contributed by atoms with Crippen molar-refractivity contribution in [1.82, 2.24) is 5.32 Å². The number of carbonyl (C=O) groups excluding carboxylic acids is 2. The number of amides is 2. The number of para-hydroxylation sites is 2. The number of fused-ring (bicyclic) bond motifs is 1. The topological polar surface area (TPSA) is 95.9 Å². The van der Waals surface area contributed by atoms with E-state index in [1.54, 1.807) is 18.2 Å². The molecule has 2 aliphatic rings. The van der Waals surface area contributed by atoms with Crippen LogP contribution >= 0.6 is 0 Å². The van der Waals surface area contributed by atoms with Gasteiger partial charge in [-0.2, -0.15) is 0 Å². The number of anilines is 1. The minimum Gasteiger partial charge on any atom is -0.482 e. The highest BCUT2D eigenvalue weighted by Crippen LogP contribution is 2.34. The predicted molar refractivity (Wildman–Crippen MR) is 99.7 cm³/mol. The van der Waals surface area contributed by atoms with E-state index in [9.17, 15) is 19.5 Å². The first-order valence-electron chi connectivity index (χ1n) is 9.52. The standard InChI is InChI=1S/C20H26N2O5/c1-2-14-7-10-20(11-8-14,19(25)26)21-17(23)9-12-22-15-5-3-4-6-16(15)27-13-18(22)24/h3-6,14H,2,7-13H2,1H3,(H,21,23)(H,25,26). The predicted octanol–water partition coefficient (Wildman–Crippen LogP) is 2.34. The van der Waals surface area contributed by atoms with Crippen molar-refractivity contribution in [3.05, 3.63) is 24.3 Å². The number of ether oxygens (including phenoxy) is 1. The van der Waals surface area contributed by atoms with E-state index in [0.29, 0.717) is 30.2 Å². The molecule has 1 heterocycles. The Bertz CT molecular complexity index is 725. The van der Waals surface area contributed by atoms with E-state index in [-0.39, 0.29) is 31.4 Å². The van der Waals surface area contributed by atoms with Crippen LogP contribution in [-0.2, 0) is 14.4 Å². The molecule has 0 saturated heterocycles. The first-order valence-corrected chi connectivity index (χ1v) is 9.52. The first kappa shape index (κ1) is 19.2. The molecule has 3 rings (SSSR count). The molecule has 1 aliphatic carbocycles. The second kappa shape index (κ2) is 7.98. The van der Waals surface area contributed by atoms with Crippen molar-refractivity contribution in [1.29, 1.82) is 0 Å². The Labute approximate surface area is 158 Å². The SMILES string of the molecule is CCC1CCC(NC(=O)CCN2C(=O)COc3ccccc32)(C(=O)O)CC1. The van der Waals surface area contributed by atoms with Gasteiger partial charge >= 0.3 is 5.97 Å². The summed E-state index contributed by atoms with van der Waals surface area (Å²) in [7, 11) is 0. The Balaban J connectivity index is 1.62. The van der Waals surface area contributed by atoms with Gasteiger partial charge in [-0.15, -0.1) is 0 Å². The van der Waals surface area contributed by atoms with Gasteiger partial charge in [-0.05, 0) is 43.7 Å². The molecule has 2 N–H and O–H groups in total. The zero-order valence-corrected chi connectivity index (χ0v) is 15.6. The highest BCUT2D eigenvalue weighted by molar-refractivity contribution is 5.98. The number of nitrogens with zero attached hydrogens (tertiary/aromatic N) is 1. The average Bonchev–Trinajstić information content (AvgIpc) is 2.67. The third kappa shape index (κ3) is 4.07. The second-order valence-corrected chi connectivity index (χ2v) is 7.34. The number of carboxylic acid groups (broad SMARTS) is 1. The maximum Gasteiger partial charge on any atom is 0.329 e. The lowest BCUT2D eigenvalue weighted by Gasteiger charge is -2.37. The zero-order chi connectivity index (χ0) is 19.4. The Morgan fingerprint density at radius 3 is 2.67 bits per heavy atom. The van der Waals surface area contributed by atoms with Crippen LogP contribution in [-0.4, -0.2) is 41.6 Å². The summed E-state index contributed by atoms with van der Waals surface area (Å²) in [5, 5.41) is 12.4. The van der Waals surface area contributed by atoms with Gasteiger partial charge in [0.1, 0.15) is 11.3 Å². The van der Waals surface area contributed by atoms with Crippen LogP contribution in [0.1, 0.15) is 45.4 Å². The summed E-state index contributed by atoms with van der Waals surface area (Å²) < 4.78 is 5.39. The van der Waals surface area contributed by atoms with E-state index in [1.165, 1.54) is 4.90 Å². The highest BCUT2D eigenvalue weighted by atomic mass is 16.5. The van der Waals surface area contributed by atoms with E-state index >= 15 is 0 Å². The van der Waals surface area contributed by atoms with Crippen LogP contribution in [0.25, 0.3) is 0 Å². The molecule has 0 spiro atoms. The van der Waals surface area contributed by atoms with Crippen LogP contribution in [0.3, 0.4) is 0 Å². The van der Waals surface area contributed by atoms with E-state index in [1.807, 2.05) is 6.07 Å². The molecule has 0 atom stereocenters. The number of carbonyl (C=O) groups is 3. The summed E-state index contributed by atoms with van der Waals surface area (Å²) in [5.41, 5.74) is -0.548. The van der Waals surface area contributed by atoms with Crippen LogP contribution in [0.4, 0.5) is 5.69 Å². The fourth-order valence-corrected chi connectivity index (χ4v) is 3.91. The van der Waals surface area contributed by atoms with E-state index in [0.717, 1.165) is 19.3 Å². The molecule has 1 aromatic rings. The van der Waals surface area contributed by atoms with E-state index < -0.39 is 11.5 Å². The fourth-order valence-electron chi connectivity index (χ4n) is 3.91. The summed E-state index contributed by atoms with van der Waals surface area (Å²) in [6.45, 7) is 2.24. The first-order chi connectivity index (χ1) is 12.9. The van der Waals surface area contributed by atoms with Gasteiger partial charge in [0, 0.05) is 13.0 Å². The maximum atomic E-state index is 12.5. The molecule has 1 aliphatic heterocycles. The van der Waals surface area contributed by atoms with Crippen LogP contribution in [0.5, 0.6) is 5.75 Å². The lowest BCUT2D eigenvalue weighted by atomic mass is 9.75. The second-order valence-electron chi connectivity index (χ2n) is 7.34. The van der Waals surface area contributed by atoms with Gasteiger partial charge < -0.3 is 20.1 Å². The smallest absolute Gasteiger partial charge is 0.329 e. The normalized spacial score (nSPS) is 24.7. The maximum absolute atomic E-state index is 12.5. The van der Waals surface area contributed by atoms with Crippen molar-refractivity contribution in [3.63, 3.8) is 0 Å². The molecular formula is C20H26N2O5. The van der Waals surface area contributed by atoms with Crippen molar-refractivity contribution in [3.8, 4) is 5.75 Å². The molecule has 7 heteroatoms. The van der Waals surface area contributed by atoms with Crippen LogP contribution in [0.15, 0.2) is 24.3 Å². The van der Waals surface area contributed by atoms with Crippen molar-refractivity contribution in [2.24, 2.45) is 5.92 Å². The summed E-state index contributed by atoms with van der Waals surface area (Å²) >= 11 is 0. The molecular weight excluding hydrogens is 348 g/mol. The zero-order valence-electron chi connectivity index (χ0n) is 15.6. The van der Waals surface area contributed by atoms with Crippen molar-refractivity contribution >= 4 is 23.5 Å².